The highest BCUT2D eigenvalue weighted by Crippen LogP contribution is 2.33. The Bertz CT molecular complexity index is 979. The monoisotopic (exact) mass is 428 g/mol. The van der Waals surface area contributed by atoms with Crippen LogP contribution < -0.4 is 14.4 Å². The van der Waals surface area contributed by atoms with Gasteiger partial charge in [-0.15, -0.1) is 0 Å². The molecule has 0 aliphatic carbocycles. The highest BCUT2D eigenvalue weighted by Gasteiger charge is 2.26. The molecule has 1 saturated heterocycles. The molecule has 0 saturated carbocycles. The van der Waals surface area contributed by atoms with Crippen LogP contribution in [0.2, 0.25) is 10.0 Å². The van der Waals surface area contributed by atoms with Gasteiger partial charge in [-0.25, -0.2) is 13.1 Å². The van der Waals surface area contributed by atoms with Crippen LogP contribution in [0.4, 0.5) is 5.69 Å². The van der Waals surface area contributed by atoms with E-state index >= 15 is 0 Å². The smallest absolute Gasteiger partial charge is 0.240 e. The fourth-order valence-electron chi connectivity index (χ4n) is 2.87. The van der Waals surface area contributed by atoms with Crippen LogP contribution in [0, 0.1) is 0 Å². The van der Waals surface area contributed by atoms with Crippen LogP contribution in [0.3, 0.4) is 0 Å². The zero-order chi connectivity index (χ0) is 19.6. The quantitative estimate of drug-likeness (QED) is 0.762. The van der Waals surface area contributed by atoms with Crippen molar-refractivity contribution in [3.8, 4) is 5.75 Å². The number of sulfonamides is 1. The number of halogens is 2. The standard InChI is InChI=1S/C18H18Cl2N2O4S/c1-26-17-7-6-14(10-16(17)22-8-2-3-18(22)23)27(24,25)21-11-12-4-5-13(19)9-15(12)20/h4-7,9-10,21H,2-3,8,11H2,1H3. The average Bonchev–Trinajstić information content (AvgIpc) is 3.06. The van der Waals surface area contributed by atoms with Crippen molar-refractivity contribution < 1.29 is 17.9 Å². The summed E-state index contributed by atoms with van der Waals surface area (Å²) in [5, 5.41) is 0.852. The SMILES string of the molecule is COc1ccc(S(=O)(=O)NCc2ccc(Cl)cc2Cl)cc1N1CCCC1=O. The van der Waals surface area contributed by atoms with Gasteiger partial charge in [0.25, 0.3) is 0 Å². The Kier molecular flexibility index (Phi) is 5.95. The van der Waals surface area contributed by atoms with Gasteiger partial charge in [0.1, 0.15) is 5.75 Å². The number of hydrogen-bond donors (Lipinski definition) is 1. The van der Waals surface area contributed by atoms with Crippen LogP contribution in [0.25, 0.3) is 0 Å². The molecule has 1 N–H and O–H groups in total. The first-order valence-corrected chi connectivity index (χ1v) is 10.5. The second-order valence-electron chi connectivity index (χ2n) is 6.04. The van der Waals surface area contributed by atoms with Crippen LogP contribution in [0.1, 0.15) is 18.4 Å². The third-order valence-corrected chi connectivity index (χ3v) is 6.28. The van der Waals surface area contributed by atoms with Crippen molar-refractivity contribution in [3.05, 3.63) is 52.0 Å². The lowest BCUT2D eigenvalue weighted by Crippen LogP contribution is -2.26. The maximum Gasteiger partial charge on any atom is 0.240 e. The number of nitrogens with one attached hydrogen (secondary N) is 1. The normalized spacial score (nSPS) is 14.6. The molecule has 2 aromatic carbocycles. The van der Waals surface area contributed by atoms with E-state index in [2.05, 4.69) is 4.72 Å². The Morgan fingerprint density at radius 2 is 1.96 bits per heavy atom. The third kappa shape index (κ3) is 4.38. The second kappa shape index (κ2) is 8.06. The Balaban J connectivity index is 1.86. The van der Waals surface area contributed by atoms with Gasteiger partial charge in [-0.3, -0.25) is 4.79 Å². The van der Waals surface area contributed by atoms with Gasteiger partial charge in [0.2, 0.25) is 15.9 Å². The Morgan fingerprint density at radius 1 is 1.19 bits per heavy atom. The first kappa shape index (κ1) is 19.9. The Labute approximate surface area is 168 Å². The number of benzene rings is 2. The molecule has 27 heavy (non-hydrogen) atoms. The van der Waals surface area contributed by atoms with Gasteiger partial charge in [0, 0.05) is 29.6 Å². The van der Waals surface area contributed by atoms with Gasteiger partial charge in [-0.1, -0.05) is 29.3 Å². The van der Waals surface area contributed by atoms with E-state index < -0.39 is 10.0 Å². The molecule has 6 nitrogen and oxygen atoms in total. The summed E-state index contributed by atoms with van der Waals surface area (Å²) >= 11 is 11.9. The molecule has 0 bridgehead atoms. The molecule has 1 fully saturated rings. The Morgan fingerprint density at radius 3 is 2.59 bits per heavy atom. The maximum atomic E-state index is 12.7. The molecule has 0 aromatic heterocycles. The molecule has 2 aromatic rings. The molecular formula is C18H18Cl2N2O4S. The minimum atomic E-state index is -3.82. The van der Waals surface area contributed by atoms with Crippen LogP contribution >= 0.6 is 23.2 Å². The number of methoxy groups -OCH3 is 1. The molecule has 1 amide bonds. The number of amides is 1. The maximum absolute atomic E-state index is 12.7. The van der Waals surface area contributed by atoms with E-state index in [-0.39, 0.29) is 17.3 Å². The van der Waals surface area contributed by atoms with Crippen LogP contribution in [0.15, 0.2) is 41.3 Å². The molecule has 1 heterocycles. The molecule has 144 valence electrons. The number of rotatable bonds is 6. The highest BCUT2D eigenvalue weighted by molar-refractivity contribution is 7.89. The summed E-state index contributed by atoms with van der Waals surface area (Å²) < 4.78 is 33.2. The molecule has 0 spiro atoms. The minimum absolute atomic E-state index is 0.0162. The molecule has 1 aliphatic heterocycles. The largest absolute Gasteiger partial charge is 0.495 e. The molecule has 1 aliphatic rings. The number of ether oxygens (including phenoxy) is 1. The number of anilines is 1. The van der Waals surface area contributed by atoms with Crippen molar-refractivity contribution in [2.24, 2.45) is 0 Å². The van der Waals surface area contributed by atoms with Crippen molar-refractivity contribution in [1.29, 1.82) is 0 Å². The molecule has 9 heteroatoms. The first-order valence-electron chi connectivity index (χ1n) is 8.24. The summed E-state index contributed by atoms with van der Waals surface area (Å²) in [7, 11) is -2.33. The molecule has 0 unspecified atom stereocenters. The van der Waals surface area contributed by atoms with Crippen molar-refractivity contribution >= 4 is 44.8 Å². The molecule has 0 atom stereocenters. The van der Waals surface area contributed by atoms with Crippen LogP contribution in [-0.4, -0.2) is 28.0 Å². The Hall–Kier alpha value is -1.80. The number of nitrogens with zero attached hydrogens (tertiary/aromatic N) is 1. The van der Waals surface area contributed by atoms with E-state index in [4.69, 9.17) is 27.9 Å². The van der Waals surface area contributed by atoms with E-state index in [0.29, 0.717) is 40.0 Å². The number of carbonyl (C=O) groups excluding carboxylic acids is 1. The third-order valence-electron chi connectivity index (χ3n) is 4.29. The average molecular weight is 429 g/mol. The minimum Gasteiger partial charge on any atom is -0.495 e. The highest BCUT2D eigenvalue weighted by atomic mass is 35.5. The van der Waals surface area contributed by atoms with E-state index in [1.807, 2.05) is 0 Å². The topological polar surface area (TPSA) is 75.7 Å². The van der Waals surface area contributed by atoms with Gasteiger partial charge in [0.15, 0.2) is 0 Å². The van der Waals surface area contributed by atoms with Crippen molar-refractivity contribution in [3.63, 3.8) is 0 Å². The lowest BCUT2D eigenvalue weighted by atomic mass is 10.2. The van der Waals surface area contributed by atoms with Gasteiger partial charge < -0.3 is 9.64 Å². The molecule has 0 radical (unpaired) electrons. The predicted molar refractivity (Wildman–Crippen MR) is 105 cm³/mol. The summed E-state index contributed by atoms with van der Waals surface area (Å²) in [6.07, 6.45) is 1.17. The van der Waals surface area contributed by atoms with Gasteiger partial charge in [-0.05, 0) is 42.3 Å². The molecule has 3 rings (SSSR count). The summed E-state index contributed by atoms with van der Waals surface area (Å²) in [4.78, 5) is 13.7. The lowest BCUT2D eigenvalue weighted by molar-refractivity contribution is -0.117. The lowest BCUT2D eigenvalue weighted by Gasteiger charge is -2.20. The van der Waals surface area contributed by atoms with Crippen LogP contribution in [-0.2, 0) is 21.4 Å². The number of carbonyl (C=O) groups is 1. The van der Waals surface area contributed by atoms with Crippen molar-refractivity contribution in [1.82, 2.24) is 4.72 Å². The fourth-order valence-corrected chi connectivity index (χ4v) is 4.37. The van der Waals surface area contributed by atoms with Gasteiger partial charge >= 0.3 is 0 Å². The predicted octanol–water partition coefficient (Wildman–Crippen LogP) is 3.61. The zero-order valence-corrected chi connectivity index (χ0v) is 16.9. The second-order valence-corrected chi connectivity index (χ2v) is 8.65. The molecular weight excluding hydrogens is 411 g/mol. The number of hydrogen-bond acceptors (Lipinski definition) is 4. The summed E-state index contributed by atoms with van der Waals surface area (Å²) in [6.45, 7) is 0.550. The summed E-state index contributed by atoms with van der Waals surface area (Å²) in [6, 6.07) is 9.29. The van der Waals surface area contributed by atoms with Crippen molar-refractivity contribution in [2.45, 2.75) is 24.3 Å². The van der Waals surface area contributed by atoms with E-state index in [0.717, 1.165) is 6.42 Å². The first-order chi connectivity index (χ1) is 12.8. The summed E-state index contributed by atoms with van der Waals surface area (Å²) in [5.74, 6) is 0.397. The van der Waals surface area contributed by atoms with Gasteiger partial charge in [0.05, 0.1) is 17.7 Å². The van der Waals surface area contributed by atoms with Crippen molar-refractivity contribution in [2.75, 3.05) is 18.6 Å². The van der Waals surface area contributed by atoms with E-state index in [1.165, 1.54) is 19.2 Å². The fraction of sp³-hybridized carbons (Fsp3) is 0.278. The zero-order valence-electron chi connectivity index (χ0n) is 14.5. The van der Waals surface area contributed by atoms with Crippen LogP contribution in [0.5, 0.6) is 5.75 Å². The summed E-state index contributed by atoms with van der Waals surface area (Å²) in [5.41, 5.74) is 1.06. The van der Waals surface area contributed by atoms with Gasteiger partial charge in [-0.2, -0.15) is 0 Å². The van der Waals surface area contributed by atoms with E-state index in [1.54, 1.807) is 29.2 Å². The van der Waals surface area contributed by atoms with E-state index in [9.17, 15) is 13.2 Å².